The molecule has 1 heterocycles. The van der Waals surface area contributed by atoms with E-state index in [1.165, 1.54) is 17.0 Å². The van der Waals surface area contributed by atoms with E-state index < -0.39 is 0 Å². The molecule has 0 bridgehead atoms. The number of thiophene rings is 1. The molecule has 0 aliphatic carbocycles. The molecule has 0 aliphatic heterocycles. The predicted molar refractivity (Wildman–Crippen MR) is 73.6 cm³/mol. The molecule has 2 rings (SSSR count). The molecule has 18 heavy (non-hydrogen) atoms. The van der Waals surface area contributed by atoms with Crippen molar-refractivity contribution in [1.29, 1.82) is 0 Å². The molecule has 0 spiro atoms. The molecule has 1 aromatic carbocycles. The van der Waals surface area contributed by atoms with Crippen molar-refractivity contribution < 1.29 is 9.50 Å². The van der Waals surface area contributed by atoms with Crippen molar-refractivity contribution >= 4 is 17.0 Å². The fourth-order valence-electron chi connectivity index (χ4n) is 1.87. The monoisotopic (exact) mass is 265 g/mol. The van der Waals surface area contributed by atoms with Crippen LogP contribution in [0.25, 0.3) is 0 Å². The van der Waals surface area contributed by atoms with Crippen molar-refractivity contribution in [3.63, 3.8) is 0 Å². The van der Waals surface area contributed by atoms with Crippen molar-refractivity contribution in [3.8, 4) is 0 Å². The van der Waals surface area contributed by atoms with Crippen LogP contribution in [0.1, 0.15) is 21.4 Å². The van der Waals surface area contributed by atoms with Crippen LogP contribution >= 0.6 is 11.3 Å². The summed E-state index contributed by atoms with van der Waals surface area (Å²) < 4.78 is 13.3. The molecule has 96 valence electrons. The summed E-state index contributed by atoms with van der Waals surface area (Å²) in [5, 5.41) is 12.6. The number of anilines is 1. The number of benzene rings is 1. The molecule has 1 aromatic heterocycles. The van der Waals surface area contributed by atoms with Crippen molar-refractivity contribution in [2.45, 2.75) is 19.9 Å². The lowest BCUT2D eigenvalue weighted by atomic mass is 10.2. The quantitative estimate of drug-likeness (QED) is 0.884. The number of rotatable bonds is 4. The lowest BCUT2D eigenvalue weighted by Crippen LogP contribution is -2.13. The van der Waals surface area contributed by atoms with Crippen LogP contribution in [0.5, 0.6) is 0 Å². The van der Waals surface area contributed by atoms with Crippen molar-refractivity contribution in [1.82, 2.24) is 0 Å². The van der Waals surface area contributed by atoms with Crippen molar-refractivity contribution in [2.75, 3.05) is 11.9 Å². The highest BCUT2D eigenvalue weighted by atomic mass is 32.1. The summed E-state index contributed by atoms with van der Waals surface area (Å²) in [5.41, 5.74) is 1.55. The van der Waals surface area contributed by atoms with E-state index in [2.05, 4.69) is 5.32 Å². The van der Waals surface area contributed by atoms with Gasteiger partial charge in [-0.15, -0.1) is 11.3 Å². The predicted octanol–water partition coefficient (Wildman–Crippen LogP) is 3.65. The Labute approximate surface area is 110 Å². The summed E-state index contributed by atoms with van der Waals surface area (Å²) in [7, 11) is 0. The van der Waals surface area contributed by atoms with Crippen LogP contribution in [0.3, 0.4) is 0 Å². The zero-order valence-corrected chi connectivity index (χ0v) is 11.2. The second kappa shape index (κ2) is 5.50. The molecule has 0 saturated heterocycles. The van der Waals surface area contributed by atoms with Gasteiger partial charge in [-0.25, -0.2) is 4.39 Å². The van der Waals surface area contributed by atoms with E-state index in [4.69, 9.17) is 0 Å². The summed E-state index contributed by atoms with van der Waals surface area (Å²) >= 11 is 1.63. The molecule has 4 heteroatoms. The van der Waals surface area contributed by atoms with Gasteiger partial charge < -0.3 is 10.4 Å². The van der Waals surface area contributed by atoms with E-state index in [1.807, 2.05) is 32.0 Å². The number of hydrogen-bond acceptors (Lipinski definition) is 3. The second-order valence-corrected chi connectivity index (χ2v) is 5.66. The van der Waals surface area contributed by atoms with E-state index in [1.54, 1.807) is 11.3 Å². The smallest absolute Gasteiger partial charge is 0.125 e. The summed E-state index contributed by atoms with van der Waals surface area (Å²) in [6, 6.07) is 8.60. The average molecular weight is 265 g/mol. The van der Waals surface area contributed by atoms with Gasteiger partial charge in [0.25, 0.3) is 0 Å². The number of aliphatic hydroxyl groups is 1. The van der Waals surface area contributed by atoms with Gasteiger partial charge in [0, 0.05) is 15.4 Å². The highest BCUT2D eigenvalue weighted by Crippen LogP contribution is 2.26. The van der Waals surface area contributed by atoms with Crippen LogP contribution < -0.4 is 5.32 Å². The van der Waals surface area contributed by atoms with Crippen LogP contribution in [0, 0.1) is 19.7 Å². The van der Waals surface area contributed by atoms with Gasteiger partial charge in [0.15, 0.2) is 0 Å². The van der Waals surface area contributed by atoms with Crippen LogP contribution in [0.2, 0.25) is 0 Å². The maximum Gasteiger partial charge on any atom is 0.125 e. The Hall–Kier alpha value is -1.39. The fraction of sp³-hybridized carbons (Fsp3) is 0.286. The molecule has 1 atom stereocenters. The van der Waals surface area contributed by atoms with Gasteiger partial charge >= 0.3 is 0 Å². The molecular weight excluding hydrogens is 249 g/mol. The minimum Gasteiger partial charge on any atom is -0.394 e. The molecule has 0 radical (unpaired) electrons. The Kier molecular flexibility index (Phi) is 3.99. The van der Waals surface area contributed by atoms with Gasteiger partial charge in [-0.3, -0.25) is 0 Å². The molecule has 0 saturated carbocycles. The lowest BCUT2D eigenvalue weighted by Gasteiger charge is -2.16. The van der Waals surface area contributed by atoms with Gasteiger partial charge in [-0.05, 0) is 49.7 Å². The standard InChI is InChI=1S/C14H16FNOS/c1-9-5-11(15)7-12(6-9)16-13(8-17)14-4-3-10(2)18-14/h3-7,13,16-17H,8H2,1-2H3. The SMILES string of the molecule is Cc1cc(F)cc(NC(CO)c2ccc(C)s2)c1. The Morgan fingerprint density at radius 2 is 2.06 bits per heavy atom. The maximum absolute atomic E-state index is 13.3. The number of aryl methyl sites for hydroxylation is 2. The van der Waals surface area contributed by atoms with Gasteiger partial charge in [-0.2, -0.15) is 0 Å². The first kappa shape index (κ1) is 13.1. The lowest BCUT2D eigenvalue weighted by molar-refractivity contribution is 0.277. The van der Waals surface area contributed by atoms with Crippen LogP contribution in [0.4, 0.5) is 10.1 Å². The Morgan fingerprint density at radius 3 is 2.61 bits per heavy atom. The molecule has 0 fully saturated rings. The topological polar surface area (TPSA) is 32.3 Å². The molecule has 1 unspecified atom stereocenters. The van der Waals surface area contributed by atoms with Crippen molar-refractivity contribution in [2.24, 2.45) is 0 Å². The van der Waals surface area contributed by atoms with Gasteiger partial charge in [-0.1, -0.05) is 0 Å². The van der Waals surface area contributed by atoms with E-state index >= 15 is 0 Å². The summed E-state index contributed by atoms with van der Waals surface area (Å²) in [6.07, 6.45) is 0. The van der Waals surface area contributed by atoms with E-state index in [-0.39, 0.29) is 18.5 Å². The summed E-state index contributed by atoms with van der Waals surface area (Å²) in [4.78, 5) is 2.25. The normalized spacial score (nSPS) is 12.4. The zero-order chi connectivity index (χ0) is 13.1. The highest BCUT2D eigenvalue weighted by molar-refractivity contribution is 7.12. The van der Waals surface area contributed by atoms with Crippen LogP contribution in [-0.4, -0.2) is 11.7 Å². The molecule has 2 aromatic rings. The highest BCUT2D eigenvalue weighted by Gasteiger charge is 2.12. The third-order valence-corrected chi connectivity index (χ3v) is 3.78. The van der Waals surface area contributed by atoms with Gasteiger partial charge in [0.05, 0.1) is 12.6 Å². The zero-order valence-electron chi connectivity index (χ0n) is 10.4. The minimum atomic E-state index is -0.267. The molecule has 2 N–H and O–H groups in total. The number of halogens is 1. The molecule has 0 aliphatic rings. The van der Waals surface area contributed by atoms with Crippen LogP contribution in [0.15, 0.2) is 30.3 Å². The average Bonchev–Trinajstić information content (AvgIpc) is 2.71. The first-order valence-corrected chi connectivity index (χ1v) is 6.61. The largest absolute Gasteiger partial charge is 0.394 e. The summed E-state index contributed by atoms with van der Waals surface area (Å²) in [5.74, 6) is -0.267. The van der Waals surface area contributed by atoms with Gasteiger partial charge in [0.1, 0.15) is 5.82 Å². The van der Waals surface area contributed by atoms with E-state index in [9.17, 15) is 9.50 Å². The maximum atomic E-state index is 13.3. The first-order valence-electron chi connectivity index (χ1n) is 5.79. The number of aliphatic hydroxyl groups excluding tert-OH is 1. The first-order chi connectivity index (χ1) is 8.58. The van der Waals surface area contributed by atoms with Crippen molar-refractivity contribution in [3.05, 3.63) is 51.5 Å². The van der Waals surface area contributed by atoms with E-state index in [0.29, 0.717) is 5.69 Å². The molecular formula is C14H16FNOS. The second-order valence-electron chi connectivity index (χ2n) is 4.35. The summed E-state index contributed by atoms with van der Waals surface area (Å²) in [6.45, 7) is 3.85. The fourth-order valence-corrected chi connectivity index (χ4v) is 2.79. The number of nitrogens with one attached hydrogen (secondary N) is 1. The number of hydrogen-bond donors (Lipinski definition) is 2. The van der Waals surface area contributed by atoms with E-state index in [0.717, 1.165) is 10.4 Å². The Morgan fingerprint density at radius 1 is 1.28 bits per heavy atom. The third-order valence-electron chi connectivity index (χ3n) is 2.67. The molecule has 0 amide bonds. The molecule has 2 nitrogen and oxygen atoms in total. The van der Waals surface area contributed by atoms with Gasteiger partial charge in [0.2, 0.25) is 0 Å². The van der Waals surface area contributed by atoms with Crippen LogP contribution in [-0.2, 0) is 0 Å². The Balaban J connectivity index is 2.20. The Bertz CT molecular complexity index is 518. The third kappa shape index (κ3) is 3.09. The minimum absolute atomic E-state index is 0.0183.